The Morgan fingerprint density at radius 3 is 2.09 bits per heavy atom. The van der Waals surface area contributed by atoms with Crippen LogP contribution in [0, 0.1) is 0 Å². The molecule has 23 heavy (non-hydrogen) atoms. The lowest BCUT2D eigenvalue weighted by atomic mass is 10.1. The summed E-state index contributed by atoms with van der Waals surface area (Å²) in [5.74, 6) is 0.0551. The highest BCUT2D eigenvalue weighted by Gasteiger charge is 2.17. The third kappa shape index (κ3) is 3.59. The third-order valence-electron chi connectivity index (χ3n) is 3.32. The molecule has 1 unspecified atom stereocenters. The minimum absolute atomic E-state index is 0.435. The Hall–Kier alpha value is -3.05. The number of nitrogens with zero attached hydrogens (tertiary/aromatic N) is 2. The molecule has 1 aromatic heterocycles. The fraction of sp³-hybridized carbons (Fsp3) is 0.0556. The van der Waals surface area contributed by atoms with E-state index in [9.17, 15) is 9.90 Å². The van der Waals surface area contributed by atoms with Crippen LogP contribution in [0.5, 0.6) is 0 Å². The summed E-state index contributed by atoms with van der Waals surface area (Å²) in [5.41, 5.74) is 1.87. The lowest BCUT2D eigenvalue weighted by Crippen LogP contribution is -2.21. The molecule has 1 atom stereocenters. The van der Waals surface area contributed by atoms with Gasteiger partial charge >= 0.3 is 0 Å². The van der Waals surface area contributed by atoms with Crippen LogP contribution in [-0.2, 0) is 4.79 Å². The van der Waals surface area contributed by atoms with Gasteiger partial charge in [-0.05, 0) is 5.56 Å². The largest absolute Gasteiger partial charge is 0.378 e. The van der Waals surface area contributed by atoms with Gasteiger partial charge in [-0.15, -0.1) is 0 Å². The Labute approximate surface area is 133 Å². The summed E-state index contributed by atoms with van der Waals surface area (Å²) in [6, 6.07) is 18.3. The number of nitrogens with one attached hydrogen (secondary N) is 1. The molecule has 5 heteroatoms. The number of rotatable bonds is 4. The quantitative estimate of drug-likeness (QED) is 0.777. The molecule has 0 spiro atoms. The minimum Gasteiger partial charge on any atom is -0.378 e. The summed E-state index contributed by atoms with van der Waals surface area (Å²) in [6.07, 6.45) is 1.81. The number of benzene rings is 2. The van der Waals surface area contributed by atoms with Crippen LogP contribution in [0.1, 0.15) is 11.7 Å². The van der Waals surface area contributed by atoms with E-state index in [4.69, 9.17) is 0 Å². The average Bonchev–Trinajstić information content (AvgIpc) is 2.63. The molecule has 5 nitrogen and oxygen atoms in total. The second kappa shape index (κ2) is 6.81. The van der Waals surface area contributed by atoms with Crippen LogP contribution in [0.15, 0.2) is 73.1 Å². The first-order chi connectivity index (χ1) is 11.2. The molecule has 3 rings (SSSR count). The molecular weight excluding hydrogens is 290 g/mol. The van der Waals surface area contributed by atoms with Gasteiger partial charge in [0.15, 0.2) is 11.9 Å². The zero-order valence-corrected chi connectivity index (χ0v) is 12.3. The molecule has 114 valence electrons. The minimum atomic E-state index is -1.23. The second-order valence-corrected chi connectivity index (χ2v) is 4.96. The lowest BCUT2D eigenvalue weighted by molar-refractivity contribution is -0.124. The highest BCUT2D eigenvalue weighted by atomic mass is 16.3. The van der Waals surface area contributed by atoms with Gasteiger partial charge in [0.2, 0.25) is 0 Å². The SMILES string of the molecule is O=C(Nc1cnc(-c2ccccc2)nc1)C(O)c1ccccc1. The smallest absolute Gasteiger partial charge is 0.257 e. The summed E-state index contributed by atoms with van der Waals surface area (Å²) < 4.78 is 0. The molecule has 0 bridgehead atoms. The fourth-order valence-electron chi connectivity index (χ4n) is 2.13. The molecule has 0 aliphatic heterocycles. The number of hydrogen-bond donors (Lipinski definition) is 2. The lowest BCUT2D eigenvalue weighted by Gasteiger charge is -2.11. The Bertz CT molecular complexity index is 774. The molecule has 0 radical (unpaired) electrons. The summed E-state index contributed by atoms with van der Waals surface area (Å²) in [6.45, 7) is 0. The molecule has 2 aromatic carbocycles. The molecule has 0 aliphatic rings. The molecule has 1 amide bonds. The first kappa shape index (κ1) is 14.9. The van der Waals surface area contributed by atoms with Crippen molar-refractivity contribution in [3.05, 3.63) is 78.6 Å². The molecule has 0 saturated heterocycles. The van der Waals surface area contributed by atoms with Crippen LogP contribution in [0.3, 0.4) is 0 Å². The van der Waals surface area contributed by atoms with Gasteiger partial charge in [0.1, 0.15) is 0 Å². The monoisotopic (exact) mass is 305 g/mol. The van der Waals surface area contributed by atoms with E-state index in [0.717, 1.165) is 5.56 Å². The summed E-state index contributed by atoms with van der Waals surface area (Å²) in [5, 5.41) is 12.6. The normalized spacial score (nSPS) is 11.7. The van der Waals surface area contributed by atoms with Crippen molar-refractivity contribution in [3.63, 3.8) is 0 Å². The van der Waals surface area contributed by atoms with Crippen molar-refractivity contribution in [2.24, 2.45) is 0 Å². The second-order valence-electron chi connectivity index (χ2n) is 4.96. The summed E-state index contributed by atoms with van der Waals surface area (Å²) in [7, 11) is 0. The Kier molecular flexibility index (Phi) is 4.40. The van der Waals surface area contributed by atoms with Crippen LogP contribution in [0.25, 0.3) is 11.4 Å². The van der Waals surface area contributed by atoms with Gasteiger partial charge in [0.05, 0.1) is 18.1 Å². The summed E-state index contributed by atoms with van der Waals surface area (Å²) >= 11 is 0. The molecule has 0 saturated carbocycles. The highest BCUT2D eigenvalue weighted by molar-refractivity contribution is 5.94. The van der Waals surface area contributed by atoms with Crippen molar-refractivity contribution >= 4 is 11.6 Å². The van der Waals surface area contributed by atoms with Gasteiger partial charge < -0.3 is 10.4 Å². The van der Waals surface area contributed by atoms with E-state index in [2.05, 4.69) is 15.3 Å². The van der Waals surface area contributed by atoms with Gasteiger partial charge in [-0.1, -0.05) is 60.7 Å². The molecule has 1 heterocycles. The standard InChI is InChI=1S/C18H15N3O2/c22-16(13-7-3-1-4-8-13)18(23)21-15-11-19-17(20-12-15)14-9-5-2-6-10-14/h1-12,16,22H,(H,21,23). The summed E-state index contributed by atoms with van der Waals surface area (Å²) in [4.78, 5) is 20.5. The number of carbonyl (C=O) groups is 1. The third-order valence-corrected chi connectivity index (χ3v) is 3.32. The molecule has 3 aromatic rings. The van der Waals surface area contributed by atoms with E-state index >= 15 is 0 Å². The topological polar surface area (TPSA) is 75.1 Å². The van der Waals surface area contributed by atoms with Crippen LogP contribution in [0.4, 0.5) is 5.69 Å². The number of amides is 1. The van der Waals surface area contributed by atoms with Gasteiger partial charge in [0.25, 0.3) is 5.91 Å². The highest BCUT2D eigenvalue weighted by Crippen LogP contribution is 2.17. The number of carbonyl (C=O) groups excluding carboxylic acids is 1. The van der Waals surface area contributed by atoms with Crippen molar-refractivity contribution < 1.29 is 9.90 Å². The Morgan fingerprint density at radius 2 is 1.48 bits per heavy atom. The van der Waals surface area contributed by atoms with Gasteiger partial charge in [-0.3, -0.25) is 4.79 Å². The van der Waals surface area contributed by atoms with Gasteiger partial charge in [0, 0.05) is 5.56 Å². The Morgan fingerprint density at radius 1 is 0.913 bits per heavy atom. The van der Waals surface area contributed by atoms with Crippen LogP contribution < -0.4 is 5.32 Å². The zero-order valence-electron chi connectivity index (χ0n) is 12.3. The van der Waals surface area contributed by atoms with Crippen molar-refractivity contribution in [2.45, 2.75) is 6.10 Å². The number of aliphatic hydroxyl groups excluding tert-OH is 1. The molecule has 0 aliphatic carbocycles. The maximum absolute atomic E-state index is 12.1. The first-order valence-electron chi connectivity index (χ1n) is 7.15. The van der Waals surface area contributed by atoms with E-state index in [-0.39, 0.29) is 0 Å². The van der Waals surface area contributed by atoms with Gasteiger partial charge in [-0.25, -0.2) is 9.97 Å². The predicted octanol–water partition coefficient (Wildman–Crippen LogP) is 2.82. The maximum atomic E-state index is 12.1. The predicted molar refractivity (Wildman–Crippen MR) is 87.5 cm³/mol. The number of anilines is 1. The van der Waals surface area contributed by atoms with E-state index in [1.165, 1.54) is 12.4 Å². The fourth-order valence-corrected chi connectivity index (χ4v) is 2.13. The first-order valence-corrected chi connectivity index (χ1v) is 7.15. The van der Waals surface area contributed by atoms with Crippen molar-refractivity contribution in [1.29, 1.82) is 0 Å². The molecule has 0 fully saturated rings. The van der Waals surface area contributed by atoms with Gasteiger partial charge in [-0.2, -0.15) is 0 Å². The van der Waals surface area contributed by atoms with Crippen molar-refractivity contribution in [2.75, 3.05) is 5.32 Å². The van der Waals surface area contributed by atoms with E-state index in [0.29, 0.717) is 17.1 Å². The van der Waals surface area contributed by atoms with Crippen LogP contribution in [0.2, 0.25) is 0 Å². The number of aromatic nitrogens is 2. The van der Waals surface area contributed by atoms with Crippen LogP contribution >= 0.6 is 0 Å². The molecular formula is C18H15N3O2. The molecule has 2 N–H and O–H groups in total. The van der Waals surface area contributed by atoms with Crippen molar-refractivity contribution in [3.8, 4) is 11.4 Å². The number of aliphatic hydroxyl groups is 1. The maximum Gasteiger partial charge on any atom is 0.257 e. The Balaban J connectivity index is 1.70. The number of hydrogen-bond acceptors (Lipinski definition) is 4. The van der Waals surface area contributed by atoms with Crippen molar-refractivity contribution in [1.82, 2.24) is 9.97 Å². The van der Waals surface area contributed by atoms with E-state index < -0.39 is 12.0 Å². The van der Waals surface area contributed by atoms with E-state index in [1.807, 2.05) is 36.4 Å². The zero-order chi connectivity index (χ0) is 16.1. The van der Waals surface area contributed by atoms with Crippen LogP contribution in [-0.4, -0.2) is 21.0 Å². The van der Waals surface area contributed by atoms with E-state index in [1.54, 1.807) is 24.3 Å². The average molecular weight is 305 g/mol.